The summed E-state index contributed by atoms with van der Waals surface area (Å²) in [5, 5.41) is 0. The molecule has 0 radical (unpaired) electrons. The maximum absolute atomic E-state index is 12.1. The van der Waals surface area contributed by atoms with Crippen molar-refractivity contribution in [3.05, 3.63) is 0 Å². The monoisotopic (exact) mass is 210 g/mol. The lowest BCUT2D eigenvalue weighted by atomic mass is 10.2. The van der Waals surface area contributed by atoms with Crippen LogP contribution in [-0.4, -0.2) is 21.0 Å². The van der Waals surface area contributed by atoms with Gasteiger partial charge in [0.05, 0.1) is 0 Å². The van der Waals surface area contributed by atoms with Crippen LogP contribution in [0, 0.1) is 0 Å². The lowest BCUT2D eigenvalue weighted by Crippen LogP contribution is -2.54. The second-order valence-electron chi connectivity index (χ2n) is 2.46. The number of hydrogen-bond acceptors (Lipinski definition) is 1. The lowest BCUT2D eigenvalue weighted by molar-refractivity contribution is -0.330. The molecule has 8 heteroatoms. The van der Waals surface area contributed by atoms with Crippen molar-refractivity contribution in [3.8, 4) is 0 Å². The molecule has 1 aliphatic heterocycles. The zero-order chi connectivity index (χ0) is 9.62. The minimum Gasteiger partial charge on any atom is -0.303 e. The van der Waals surface area contributed by atoms with Gasteiger partial charge in [-0.15, -0.1) is 0 Å². The summed E-state index contributed by atoms with van der Waals surface area (Å²) >= 11 is 0. The van der Waals surface area contributed by atoms with Crippen molar-refractivity contribution in [2.45, 2.75) is 24.5 Å². The molecular formula is C4H4F6OSi. The van der Waals surface area contributed by atoms with Gasteiger partial charge in [-0.05, 0) is 0 Å². The third-order valence-corrected chi connectivity index (χ3v) is 2.82. The van der Waals surface area contributed by atoms with Gasteiger partial charge in [0, 0.05) is 12.5 Å². The lowest BCUT2D eigenvalue weighted by Gasteiger charge is -2.33. The molecule has 0 bridgehead atoms. The third kappa shape index (κ3) is 1.58. The first-order valence-corrected chi connectivity index (χ1v) is 4.87. The topological polar surface area (TPSA) is 9.23 Å². The molecule has 1 aliphatic rings. The zero-order valence-electron chi connectivity index (χ0n) is 5.59. The first-order chi connectivity index (χ1) is 5.16. The van der Waals surface area contributed by atoms with E-state index in [1.54, 1.807) is 0 Å². The molecular weight excluding hydrogens is 206 g/mol. The van der Waals surface area contributed by atoms with Crippen LogP contribution in [0.1, 0.15) is 6.42 Å². The molecule has 1 saturated heterocycles. The molecule has 0 unspecified atom stereocenters. The first-order valence-electron chi connectivity index (χ1n) is 3.00. The van der Waals surface area contributed by atoms with Crippen molar-refractivity contribution in [1.82, 2.24) is 0 Å². The van der Waals surface area contributed by atoms with Gasteiger partial charge in [-0.1, -0.05) is 0 Å². The molecule has 0 aromatic carbocycles. The van der Waals surface area contributed by atoms with Gasteiger partial charge in [-0.3, -0.25) is 0 Å². The molecule has 0 atom stereocenters. The van der Waals surface area contributed by atoms with Crippen LogP contribution in [-0.2, 0) is 4.43 Å². The van der Waals surface area contributed by atoms with Gasteiger partial charge in [-0.25, -0.2) is 8.22 Å². The summed E-state index contributed by atoms with van der Waals surface area (Å²) in [7, 11) is -5.54. The number of hydrogen-bond donors (Lipinski definition) is 0. The van der Waals surface area contributed by atoms with Gasteiger partial charge in [-0.2, -0.15) is 17.6 Å². The van der Waals surface area contributed by atoms with E-state index in [0.717, 1.165) is 0 Å². The number of halogens is 6. The van der Waals surface area contributed by atoms with Crippen molar-refractivity contribution in [3.63, 3.8) is 0 Å². The SMILES string of the molecule is FC1(F)CC[Si](F)(F)OC1(F)F. The quantitative estimate of drug-likeness (QED) is 0.339. The molecule has 1 nitrogen and oxygen atoms in total. The minimum atomic E-state index is -5.54. The summed E-state index contributed by atoms with van der Waals surface area (Å²) in [4.78, 5) is 0. The second kappa shape index (κ2) is 2.38. The van der Waals surface area contributed by atoms with Crippen molar-refractivity contribution in [1.29, 1.82) is 0 Å². The third-order valence-electron chi connectivity index (χ3n) is 1.43. The summed E-state index contributed by atoms with van der Waals surface area (Å²) in [6.45, 7) is 0. The van der Waals surface area contributed by atoms with Gasteiger partial charge >= 0.3 is 21.0 Å². The molecule has 72 valence electrons. The highest BCUT2D eigenvalue weighted by molar-refractivity contribution is 6.59. The highest BCUT2D eigenvalue weighted by Gasteiger charge is 2.68. The summed E-state index contributed by atoms with van der Waals surface area (Å²) in [5.41, 5.74) is 0. The van der Waals surface area contributed by atoms with E-state index >= 15 is 0 Å². The zero-order valence-corrected chi connectivity index (χ0v) is 6.59. The maximum Gasteiger partial charge on any atom is 0.582 e. The van der Waals surface area contributed by atoms with Crippen LogP contribution in [0.3, 0.4) is 0 Å². The number of alkyl halides is 4. The van der Waals surface area contributed by atoms with Crippen molar-refractivity contribution >= 4 is 8.99 Å². The average molecular weight is 210 g/mol. The molecule has 0 spiro atoms. The predicted molar refractivity (Wildman–Crippen MR) is 28.4 cm³/mol. The fourth-order valence-electron chi connectivity index (χ4n) is 0.761. The van der Waals surface area contributed by atoms with Gasteiger partial charge in [0.25, 0.3) is 0 Å². The molecule has 1 heterocycles. The Kier molecular flexibility index (Phi) is 1.95. The Balaban J connectivity index is 2.82. The van der Waals surface area contributed by atoms with Gasteiger partial charge in [0.2, 0.25) is 0 Å². The van der Waals surface area contributed by atoms with Crippen molar-refractivity contribution < 1.29 is 30.2 Å². The molecule has 1 fully saturated rings. The summed E-state index contributed by atoms with van der Waals surface area (Å²) in [6, 6.07) is -1.25. The van der Waals surface area contributed by atoms with Crippen LogP contribution in [0.2, 0.25) is 6.04 Å². The van der Waals surface area contributed by atoms with E-state index in [4.69, 9.17) is 0 Å². The Morgan fingerprint density at radius 1 is 1.08 bits per heavy atom. The smallest absolute Gasteiger partial charge is 0.303 e. The summed E-state index contributed by atoms with van der Waals surface area (Å²) < 4.78 is 75.5. The largest absolute Gasteiger partial charge is 0.582 e. The highest BCUT2D eigenvalue weighted by Crippen LogP contribution is 2.47. The standard InChI is InChI=1S/C4H4F6OSi/c5-3(6)1-2-12(9,10)11-4(3,7)8/h1-2H2. The van der Waals surface area contributed by atoms with Crippen molar-refractivity contribution in [2.24, 2.45) is 0 Å². The molecule has 0 aromatic rings. The van der Waals surface area contributed by atoms with Crippen molar-refractivity contribution in [2.75, 3.05) is 0 Å². The predicted octanol–water partition coefficient (Wildman–Crippen LogP) is 2.51. The Morgan fingerprint density at radius 2 is 1.58 bits per heavy atom. The van der Waals surface area contributed by atoms with E-state index in [-0.39, 0.29) is 0 Å². The molecule has 12 heavy (non-hydrogen) atoms. The van der Waals surface area contributed by atoms with Gasteiger partial charge < -0.3 is 4.43 Å². The molecule has 0 saturated carbocycles. The Bertz CT molecular complexity index is 192. The van der Waals surface area contributed by atoms with Crippen LogP contribution < -0.4 is 0 Å². The molecule has 0 aliphatic carbocycles. The van der Waals surface area contributed by atoms with E-state index in [9.17, 15) is 25.8 Å². The second-order valence-corrected chi connectivity index (χ2v) is 4.44. The molecule has 0 N–H and O–H groups in total. The van der Waals surface area contributed by atoms with Crippen LogP contribution in [0.15, 0.2) is 0 Å². The first kappa shape index (κ1) is 9.84. The van der Waals surface area contributed by atoms with E-state index in [1.807, 2.05) is 0 Å². The van der Waals surface area contributed by atoms with Gasteiger partial charge in [0.15, 0.2) is 0 Å². The van der Waals surface area contributed by atoms with Crippen LogP contribution >= 0.6 is 0 Å². The highest BCUT2D eigenvalue weighted by atomic mass is 28.4. The van der Waals surface area contributed by atoms with Crippen LogP contribution in [0.5, 0.6) is 0 Å². The Labute approximate surface area is 64.8 Å². The summed E-state index contributed by atoms with van der Waals surface area (Å²) in [6.07, 6.45) is -6.53. The Hall–Kier alpha value is -0.243. The summed E-state index contributed by atoms with van der Waals surface area (Å²) in [5.74, 6) is -4.47. The van der Waals surface area contributed by atoms with Crippen LogP contribution in [0.25, 0.3) is 0 Å². The fourth-order valence-corrected chi connectivity index (χ4v) is 1.99. The number of rotatable bonds is 0. The average Bonchev–Trinajstić information content (AvgIpc) is 1.79. The fraction of sp³-hybridized carbons (Fsp3) is 1.00. The molecule has 0 aromatic heterocycles. The van der Waals surface area contributed by atoms with E-state index < -0.39 is 33.5 Å². The Morgan fingerprint density at radius 3 is 1.92 bits per heavy atom. The minimum absolute atomic E-state index is 1.25. The van der Waals surface area contributed by atoms with E-state index in [0.29, 0.717) is 0 Å². The maximum atomic E-state index is 12.1. The van der Waals surface area contributed by atoms with Gasteiger partial charge in [0.1, 0.15) is 0 Å². The normalized spacial score (nSPS) is 31.5. The van der Waals surface area contributed by atoms with E-state index in [2.05, 4.69) is 4.43 Å². The van der Waals surface area contributed by atoms with E-state index in [1.165, 1.54) is 0 Å². The molecule has 1 rings (SSSR count). The van der Waals surface area contributed by atoms with Crippen LogP contribution in [0.4, 0.5) is 25.8 Å². The molecule has 0 amide bonds.